The Morgan fingerprint density at radius 1 is 1.00 bits per heavy atom. The van der Waals surface area contributed by atoms with Gasteiger partial charge in [-0.15, -0.1) is 11.3 Å². The zero-order valence-corrected chi connectivity index (χ0v) is 13.1. The van der Waals surface area contributed by atoms with Gasteiger partial charge in [0.25, 0.3) is 0 Å². The van der Waals surface area contributed by atoms with Gasteiger partial charge >= 0.3 is 0 Å². The Morgan fingerprint density at radius 2 is 1.81 bits per heavy atom. The van der Waals surface area contributed by atoms with Crippen LogP contribution in [0.2, 0.25) is 0 Å². The lowest BCUT2D eigenvalue weighted by Gasteiger charge is -2.34. The number of hydrogen-bond acceptors (Lipinski definition) is 4. The first-order chi connectivity index (χ1) is 10.3. The highest BCUT2D eigenvalue weighted by Gasteiger charge is 2.17. The fraction of sp³-hybridized carbons (Fsp3) is 0.500. The van der Waals surface area contributed by atoms with Crippen molar-refractivity contribution in [1.82, 2.24) is 14.4 Å². The summed E-state index contributed by atoms with van der Waals surface area (Å²) in [7, 11) is 0. The minimum absolute atomic E-state index is 0.268. The van der Waals surface area contributed by atoms with Gasteiger partial charge in [0.15, 0.2) is 0 Å². The highest BCUT2D eigenvalue weighted by molar-refractivity contribution is 7.09. The highest BCUT2D eigenvalue weighted by atomic mass is 32.1. The zero-order valence-electron chi connectivity index (χ0n) is 12.3. The molecule has 2 aromatic heterocycles. The first-order valence-corrected chi connectivity index (χ1v) is 8.45. The van der Waals surface area contributed by atoms with Gasteiger partial charge in [-0.05, 0) is 23.6 Å². The molecular weight excluding hydrogens is 282 g/mol. The van der Waals surface area contributed by atoms with Crippen molar-refractivity contribution in [2.24, 2.45) is 0 Å². The van der Waals surface area contributed by atoms with Crippen molar-refractivity contribution in [3.63, 3.8) is 0 Å². The number of aromatic nitrogens is 1. The van der Waals surface area contributed by atoms with Crippen LogP contribution in [0.15, 0.2) is 35.8 Å². The summed E-state index contributed by atoms with van der Waals surface area (Å²) < 4.78 is 2.35. The summed E-state index contributed by atoms with van der Waals surface area (Å²) in [6, 6.07) is 8.68. The molecule has 5 heteroatoms. The summed E-state index contributed by atoms with van der Waals surface area (Å²) in [5, 5.41) is 11.1. The first kappa shape index (κ1) is 14.8. The predicted octanol–water partition coefficient (Wildman–Crippen LogP) is 1.71. The first-order valence-electron chi connectivity index (χ1n) is 7.57. The van der Waals surface area contributed by atoms with Gasteiger partial charge in [-0.1, -0.05) is 6.07 Å². The molecule has 0 radical (unpaired) electrons. The lowest BCUT2D eigenvalue weighted by atomic mass is 10.3. The zero-order chi connectivity index (χ0) is 14.5. The maximum Gasteiger partial charge on any atom is 0.0566 e. The smallest absolute Gasteiger partial charge is 0.0566 e. The molecule has 2 aromatic rings. The fourth-order valence-corrected chi connectivity index (χ4v) is 3.56. The number of rotatable bonds is 6. The largest absolute Gasteiger partial charge is 0.395 e. The summed E-state index contributed by atoms with van der Waals surface area (Å²) in [5.41, 5.74) is 1.39. The molecule has 1 aliphatic heterocycles. The molecule has 1 N–H and O–H groups in total. The van der Waals surface area contributed by atoms with Crippen molar-refractivity contribution < 1.29 is 5.11 Å². The summed E-state index contributed by atoms with van der Waals surface area (Å²) >= 11 is 1.82. The van der Waals surface area contributed by atoms with Gasteiger partial charge in [-0.25, -0.2) is 0 Å². The Labute approximate surface area is 130 Å². The molecule has 0 bridgehead atoms. The summed E-state index contributed by atoms with van der Waals surface area (Å²) in [5.74, 6) is 0. The second-order valence-corrected chi connectivity index (χ2v) is 6.58. The van der Waals surface area contributed by atoms with Crippen molar-refractivity contribution in [1.29, 1.82) is 0 Å². The van der Waals surface area contributed by atoms with Gasteiger partial charge in [0.2, 0.25) is 0 Å². The van der Waals surface area contributed by atoms with E-state index in [0.717, 1.165) is 45.8 Å². The third kappa shape index (κ3) is 3.95. The van der Waals surface area contributed by atoms with Crippen LogP contribution in [0.25, 0.3) is 0 Å². The highest BCUT2D eigenvalue weighted by Crippen LogP contribution is 2.15. The number of nitrogens with zero attached hydrogens (tertiary/aromatic N) is 3. The van der Waals surface area contributed by atoms with Crippen LogP contribution in [0.3, 0.4) is 0 Å². The van der Waals surface area contributed by atoms with E-state index in [4.69, 9.17) is 5.11 Å². The SMILES string of the molecule is OCCN1CCN(Cc2cccn2Cc2cccs2)CC1. The number of aliphatic hydroxyl groups is 1. The van der Waals surface area contributed by atoms with Crippen molar-refractivity contribution in [3.8, 4) is 0 Å². The van der Waals surface area contributed by atoms with E-state index >= 15 is 0 Å². The fourth-order valence-electron chi connectivity index (χ4n) is 2.86. The van der Waals surface area contributed by atoms with E-state index in [9.17, 15) is 0 Å². The van der Waals surface area contributed by atoms with Crippen molar-refractivity contribution in [2.75, 3.05) is 39.3 Å². The van der Waals surface area contributed by atoms with Gasteiger partial charge < -0.3 is 9.67 Å². The Kier molecular flexibility index (Phi) is 5.08. The van der Waals surface area contributed by atoms with Gasteiger partial charge in [-0.3, -0.25) is 9.80 Å². The van der Waals surface area contributed by atoms with E-state index in [2.05, 4.69) is 50.2 Å². The number of β-amino-alcohol motifs (C(OH)–C–C–N with tert-alkyl or cyclic N) is 1. The molecule has 0 amide bonds. The van der Waals surface area contributed by atoms with Crippen LogP contribution in [-0.2, 0) is 13.1 Å². The van der Waals surface area contributed by atoms with Crippen LogP contribution < -0.4 is 0 Å². The number of aliphatic hydroxyl groups excluding tert-OH is 1. The van der Waals surface area contributed by atoms with E-state index in [1.165, 1.54) is 10.6 Å². The van der Waals surface area contributed by atoms with Crippen molar-refractivity contribution in [2.45, 2.75) is 13.1 Å². The van der Waals surface area contributed by atoms with Crippen LogP contribution in [-0.4, -0.2) is 58.8 Å². The minimum Gasteiger partial charge on any atom is -0.395 e. The topological polar surface area (TPSA) is 31.6 Å². The van der Waals surface area contributed by atoms with E-state index < -0.39 is 0 Å². The standard InChI is InChI=1S/C16H23N3OS/c20-11-10-17-6-8-18(9-7-17)13-15-3-1-5-19(15)14-16-4-2-12-21-16/h1-5,12,20H,6-11,13-14H2. The second-order valence-electron chi connectivity index (χ2n) is 5.55. The van der Waals surface area contributed by atoms with Crippen molar-refractivity contribution >= 4 is 11.3 Å². The van der Waals surface area contributed by atoms with Gasteiger partial charge in [0.1, 0.15) is 0 Å². The normalized spacial score (nSPS) is 17.4. The average Bonchev–Trinajstić information content (AvgIpc) is 3.15. The minimum atomic E-state index is 0.268. The molecule has 4 nitrogen and oxygen atoms in total. The van der Waals surface area contributed by atoms with E-state index in [1.54, 1.807) is 0 Å². The molecule has 0 unspecified atom stereocenters. The molecule has 114 valence electrons. The van der Waals surface area contributed by atoms with E-state index in [0.29, 0.717) is 0 Å². The van der Waals surface area contributed by atoms with Crippen LogP contribution in [0.5, 0.6) is 0 Å². The molecule has 1 fully saturated rings. The molecule has 0 spiro atoms. The van der Waals surface area contributed by atoms with Gasteiger partial charge in [0, 0.05) is 56.0 Å². The molecule has 0 atom stereocenters. The molecule has 21 heavy (non-hydrogen) atoms. The number of hydrogen-bond donors (Lipinski definition) is 1. The maximum absolute atomic E-state index is 8.99. The third-order valence-corrected chi connectivity index (χ3v) is 4.96. The monoisotopic (exact) mass is 305 g/mol. The molecule has 1 saturated heterocycles. The van der Waals surface area contributed by atoms with Gasteiger partial charge in [0.05, 0.1) is 13.2 Å². The molecular formula is C16H23N3OS. The van der Waals surface area contributed by atoms with E-state index in [1.807, 2.05) is 11.3 Å². The number of piperazine rings is 1. The Balaban J connectivity index is 1.55. The maximum atomic E-state index is 8.99. The molecule has 0 aliphatic carbocycles. The third-order valence-electron chi connectivity index (χ3n) is 4.10. The Bertz CT molecular complexity index is 529. The Morgan fingerprint density at radius 3 is 2.52 bits per heavy atom. The number of thiophene rings is 1. The molecule has 1 aliphatic rings. The molecule has 0 saturated carbocycles. The molecule has 3 rings (SSSR count). The van der Waals surface area contributed by atoms with E-state index in [-0.39, 0.29) is 6.61 Å². The van der Waals surface area contributed by atoms with Crippen LogP contribution in [0.4, 0.5) is 0 Å². The molecule has 3 heterocycles. The van der Waals surface area contributed by atoms with Crippen LogP contribution >= 0.6 is 11.3 Å². The second kappa shape index (κ2) is 7.22. The lowest BCUT2D eigenvalue weighted by molar-refractivity contribution is 0.107. The summed E-state index contributed by atoms with van der Waals surface area (Å²) in [6.45, 7) is 7.37. The quantitative estimate of drug-likeness (QED) is 0.881. The molecule has 0 aromatic carbocycles. The lowest BCUT2D eigenvalue weighted by Crippen LogP contribution is -2.46. The predicted molar refractivity (Wildman–Crippen MR) is 86.7 cm³/mol. The van der Waals surface area contributed by atoms with Gasteiger partial charge in [-0.2, -0.15) is 0 Å². The van der Waals surface area contributed by atoms with Crippen molar-refractivity contribution in [3.05, 3.63) is 46.4 Å². The van der Waals surface area contributed by atoms with Crippen LogP contribution in [0.1, 0.15) is 10.6 Å². The average molecular weight is 305 g/mol. The summed E-state index contributed by atoms with van der Waals surface area (Å²) in [4.78, 5) is 6.25. The Hall–Kier alpha value is -1.14. The summed E-state index contributed by atoms with van der Waals surface area (Å²) in [6.07, 6.45) is 2.18. The van der Waals surface area contributed by atoms with Crippen LogP contribution in [0, 0.1) is 0 Å².